The Bertz CT molecular complexity index is 227. The predicted octanol–water partition coefficient (Wildman–Crippen LogP) is 3.46. The van der Waals surface area contributed by atoms with Crippen LogP contribution < -0.4 is 5.32 Å². The molecule has 2 aliphatic rings. The van der Waals surface area contributed by atoms with Gasteiger partial charge in [-0.15, -0.1) is 0 Å². The maximum Gasteiger partial charge on any atom is 0.120 e. The standard InChI is InChI=1S/C14H27NO/c1-4-13(5-2)10-11-15-14(16-13)8-6-12(3)7-9-14/h12,15H,4-11H2,1-3H3. The van der Waals surface area contributed by atoms with Crippen molar-refractivity contribution in [3.63, 3.8) is 0 Å². The molecule has 2 fully saturated rings. The second-order valence-electron chi connectivity index (χ2n) is 5.85. The second-order valence-corrected chi connectivity index (χ2v) is 5.85. The SMILES string of the molecule is CCC1(CC)CCNC2(CCC(C)CC2)O1. The summed E-state index contributed by atoms with van der Waals surface area (Å²) in [4.78, 5) is 0. The van der Waals surface area contributed by atoms with Crippen molar-refractivity contribution in [1.82, 2.24) is 5.32 Å². The van der Waals surface area contributed by atoms with E-state index in [1.54, 1.807) is 0 Å². The summed E-state index contributed by atoms with van der Waals surface area (Å²) in [6.07, 6.45) is 8.53. The molecule has 2 nitrogen and oxygen atoms in total. The predicted molar refractivity (Wildman–Crippen MR) is 67.4 cm³/mol. The number of ether oxygens (including phenoxy) is 1. The lowest BCUT2D eigenvalue weighted by Gasteiger charge is -2.51. The normalized spacial score (nSPS) is 38.8. The van der Waals surface area contributed by atoms with Crippen LogP contribution in [-0.2, 0) is 4.74 Å². The molecule has 0 aromatic rings. The van der Waals surface area contributed by atoms with Gasteiger partial charge in [-0.25, -0.2) is 0 Å². The first-order chi connectivity index (χ1) is 7.64. The van der Waals surface area contributed by atoms with Gasteiger partial charge in [-0.2, -0.15) is 0 Å². The molecule has 16 heavy (non-hydrogen) atoms. The van der Waals surface area contributed by atoms with E-state index in [2.05, 4.69) is 26.1 Å². The minimum Gasteiger partial charge on any atom is -0.354 e. The molecule has 0 aromatic carbocycles. The van der Waals surface area contributed by atoms with Crippen molar-refractivity contribution in [2.45, 2.75) is 77.0 Å². The van der Waals surface area contributed by atoms with Crippen LogP contribution in [0.5, 0.6) is 0 Å². The van der Waals surface area contributed by atoms with E-state index in [-0.39, 0.29) is 11.3 Å². The van der Waals surface area contributed by atoms with E-state index >= 15 is 0 Å². The summed E-state index contributed by atoms with van der Waals surface area (Å²) in [7, 11) is 0. The molecule has 0 amide bonds. The monoisotopic (exact) mass is 225 g/mol. The van der Waals surface area contributed by atoms with Gasteiger partial charge in [0.2, 0.25) is 0 Å². The first-order valence-corrected chi connectivity index (χ1v) is 7.09. The quantitative estimate of drug-likeness (QED) is 0.777. The van der Waals surface area contributed by atoms with E-state index in [9.17, 15) is 0 Å². The van der Waals surface area contributed by atoms with Crippen molar-refractivity contribution in [2.24, 2.45) is 5.92 Å². The lowest BCUT2D eigenvalue weighted by Crippen LogP contribution is -2.60. The average Bonchev–Trinajstić information content (AvgIpc) is 2.33. The van der Waals surface area contributed by atoms with Crippen molar-refractivity contribution < 1.29 is 4.74 Å². The molecule has 1 saturated carbocycles. The topological polar surface area (TPSA) is 21.3 Å². The van der Waals surface area contributed by atoms with Gasteiger partial charge in [0.05, 0.1) is 5.60 Å². The molecule has 94 valence electrons. The number of hydrogen-bond acceptors (Lipinski definition) is 2. The summed E-state index contributed by atoms with van der Waals surface area (Å²) in [6, 6.07) is 0. The number of nitrogens with one attached hydrogen (secondary N) is 1. The van der Waals surface area contributed by atoms with Gasteiger partial charge in [0, 0.05) is 6.54 Å². The third-order valence-electron chi connectivity index (χ3n) is 4.81. The van der Waals surface area contributed by atoms with E-state index in [0.29, 0.717) is 0 Å². The number of rotatable bonds is 2. The number of hydrogen-bond donors (Lipinski definition) is 1. The Hall–Kier alpha value is -0.0800. The largest absolute Gasteiger partial charge is 0.354 e. The highest BCUT2D eigenvalue weighted by Crippen LogP contribution is 2.41. The zero-order valence-electron chi connectivity index (χ0n) is 11.1. The summed E-state index contributed by atoms with van der Waals surface area (Å²) in [5.41, 5.74) is 0.183. The van der Waals surface area contributed by atoms with Crippen molar-refractivity contribution in [1.29, 1.82) is 0 Å². The maximum absolute atomic E-state index is 6.54. The van der Waals surface area contributed by atoms with Gasteiger partial charge < -0.3 is 4.74 Å². The maximum atomic E-state index is 6.54. The molecule has 0 bridgehead atoms. The van der Waals surface area contributed by atoms with Crippen LogP contribution in [0.4, 0.5) is 0 Å². The molecule has 1 heterocycles. The summed E-state index contributed by atoms with van der Waals surface area (Å²) in [5, 5.41) is 3.66. The van der Waals surface area contributed by atoms with Crippen LogP contribution in [0.3, 0.4) is 0 Å². The van der Waals surface area contributed by atoms with Crippen molar-refractivity contribution in [3.8, 4) is 0 Å². The van der Waals surface area contributed by atoms with Crippen molar-refractivity contribution in [3.05, 3.63) is 0 Å². The Labute approximate surface area is 100 Å². The lowest BCUT2D eigenvalue weighted by molar-refractivity contribution is -0.219. The van der Waals surface area contributed by atoms with Gasteiger partial charge in [-0.3, -0.25) is 5.32 Å². The highest BCUT2D eigenvalue weighted by atomic mass is 16.5. The fourth-order valence-corrected chi connectivity index (χ4v) is 3.27. The molecule has 1 aliphatic heterocycles. The molecular weight excluding hydrogens is 198 g/mol. The minimum atomic E-state index is 0.0246. The van der Waals surface area contributed by atoms with Gasteiger partial charge in [-0.05, 0) is 50.9 Å². The first kappa shape index (κ1) is 12.4. The van der Waals surface area contributed by atoms with Crippen LogP contribution in [0.15, 0.2) is 0 Å². The summed E-state index contributed by atoms with van der Waals surface area (Å²) in [6.45, 7) is 8.04. The van der Waals surface area contributed by atoms with Crippen molar-refractivity contribution >= 4 is 0 Å². The molecule has 2 heteroatoms. The van der Waals surface area contributed by atoms with Crippen LogP contribution in [0.1, 0.15) is 65.7 Å². The third kappa shape index (κ3) is 2.28. The van der Waals surface area contributed by atoms with Crippen LogP contribution in [-0.4, -0.2) is 17.9 Å². The van der Waals surface area contributed by atoms with E-state index in [0.717, 1.165) is 25.3 Å². The van der Waals surface area contributed by atoms with E-state index in [1.165, 1.54) is 32.1 Å². The Kier molecular flexibility index (Phi) is 3.60. The van der Waals surface area contributed by atoms with Gasteiger partial charge in [0.25, 0.3) is 0 Å². The minimum absolute atomic E-state index is 0.0246. The van der Waals surface area contributed by atoms with Gasteiger partial charge in [0.1, 0.15) is 5.72 Å². The Morgan fingerprint density at radius 1 is 1.12 bits per heavy atom. The fraction of sp³-hybridized carbons (Fsp3) is 1.00. The molecule has 0 unspecified atom stereocenters. The van der Waals surface area contributed by atoms with Crippen molar-refractivity contribution in [2.75, 3.05) is 6.54 Å². The lowest BCUT2D eigenvalue weighted by atomic mass is 9.81. The van der Waals surface area contributed by atoms with Crippen LogP contribution in [0.2, 0.25) is 0 Å². The molecule has 1 aliphatic carbocycles. The Morgan fingerprint density at radius 3 is 2.31 bits per heavy atom. The Balaban J connectivity index is 2.05. The highest BCUT2D eigenvalue weighted by Gasteiger charge is 2.44. The molecule has 1 spiro atoms. The summed E-state index contributed by atoms with van der Waals surface area (Å²) < 4.78 is 6.54. The fourth-order valence-electron chi connectivity index (χ4n) is 3.27. The molecular formula is C14H27NO. The molecule has 0 aromatic heterocycles. The summed E-state index contributed by atoms with van der Waals surface area (Å²) >= 11 is 0. The molecule has 1 saturated heterocycles. The third-order valence-corrected chi connectivity index (χ3v) is 4.81. The van der Waals surface area contributed by atoms with Gasteiger partial charge in [0.15, 0.2) is 0 Å². The van der Waals surface area contributed by atoms with Gasteiger partial charge in [-0.1, -0.05) is 20.8 Å². The first-order valence-electron chi connectivity index (χ1n) is 7.09. The zero-order valence-corrected chi connectivity index (χ0v) is 11.1. The molecule has 0 atom stereocenters. The second kappa shape index (κ2) is 4.66. The van der Waals surface area contributed by atoms with E-state index in [1.807, 2.05) is 0 Å². The molecule has 1 N–H and O–H groups in total. The van der Waals surface area contributed by atoms with E-state index in [4.69, 9.17) is 4.74 Å². The molecule has 2 rings (SSSR count). The smallest absolute Gasteiger partial charge is 0.120 e. The average molecular weight is 225 g/mol. The van der Waals surface area contributed by atoms with Gasteiger partial charge >= 0.3 is 0 Å². The summed E-state index contributed by atoms with van der Waals surface area (Å²) in [5.74, 6) is 0.885. The zero-order chi connectivity index (χ0) is 11.6. The van der Waals surface area contributed by atoms with Crippen LogP contribution >= 0.6 is 0 Å². The van der Waals surface area contributed by atoms with E-state index < -0.39 is 0 Å². The molecule has 0 radical (unpaired) electrons. The Morgan fingerprint density at radius 2 is 1.75 bits per heavy atom. The van der Waals surface area contributed by atoms with Crippen LogP contribution in [0.25, 0.3) is 0 Å². The van der Waals surface area contributed by atoms with Crippen LogP contribution in [0, 0.1) is 5.92 Å². The highest BCUT2D eigenvalue weighted by molar-refractivity contribution is 4.94.